The quantitative estimate of drug-likeness (QED) is 0.264. The van der Waals surface area contributed by atoms with Gasteiger partial charge in [0, 0.05) is 12.5 Å². The second kappa shape index (κ2) is 16.1. The van der Waals surface area contributed by atoms with Crippen molar-refractivity contribution < 1.29 is 29.6 Å². The zero-order chi connectivity index (χ0) is 21.3. The van der Waals surface area contributed by atoms with Crippen molar-refractivity contribution in [2.24, 2.45) is 0 Å². The van der Waals surface area contributed by atoms with E-state index >= 15 is 0 Å². The summed E-state index contributed by atoms with van der Waals surface area (Å²) in [7, 11) is 0. The van der Waals surface area contributed by atoms with Gasteiger partial charge in [0.2, 0.25) is 0 Å². The van der Waals surface area contributed by atoms with Gasteiger partial charge in [-0.05, 0) is 37.3 Å². The second-order valence-electron chi connectivity index (χ2n) is 7.45. The number of aromatic hydroxyl groups is 1. The molecule has 0 aromatic heterocycles. The number of unbranched alkanes of at least 4 members (excludes halogenated alkanes) is 7. The van der Waals surface area contributed by atoms with Gasteiger partial charge >= 0.3 is 5.97 Å². The van der Waals surface area contributed by atoms with E-state index in [1.165, 1.54) is 19.3 Å². The number of esters is 1. The molecule has 0 amide bonds. The van der Waals surface area contributed by atoms with Crippen LogP contribution >= 0.6 is 0 Å². The van der Waals surface area contributed by atoms with E-state index in [2.05, 4.69) is 6.92 Å². The fraction of sp³-hybridized carbons (Fsp3) is 0.696. The predicted molar refractivity (Wildman–Crippen MR) is 113 cm³/mol. The van der Waals surface area contributed by atoms with E-state index in [1.54, 1.807) is 12.1 Å². The van der Waals surface area contributed by atoms with Gasteiger partial charge in [0.15, 0.2) is 0 Å². The van der Waals surface area contributed by atoms with Crippen molar-refractivity contribution in [3.8, 4) is 11.5 Å². The molecule has 0 saturated carbocycles. The molecule has 0 heterocycles. The number of aliphatic hydroxyl groups is 2. The lowest BCUT2D eigenvalue weighted by Crippen LogP contribution is -2.25. The predicted octanol–water partition coefficient (Wildman–Crippen LogP) is 4.13. The smallest absolute Gasteiger partial charge is 0.306 e. The number of aryl methyl sites for hydroxylation is 1. The summed E-state index contributed by atoms with van der Waals surface area (Å²) in [6, 6.07) is 5.37. The van der Waals surface area contributed by atoms with Crippen LogP contribution in [-0.4, -0.2) is 47.2 Å². The van der Waals surface area contributed by atoms with Gasteiger partial charge in [0.1, 0.15) is 17.6 Å². The highest BCUT2D eigenvalue weighted by molar-refractivity contribution is 5.69. The number of aliphatic hydroxyl groups excluding tert-OH is 2. The van der Waals surface area contributed by atoms with Crippen LogP contribution in [0.4, 0.5) is 0 Å². The molecule has 1 rings (SSSR count). The van der Waals surface area contributed by atoms with Crippen LogP contribution < -0.4 is 4.74 Å². The van der Waals surface area contributed by atoms with E-state index in [0.29, 0.717) is 13.0 Å². The Bertz CT molecular complexity index is 556. The molecule has 29 heavy (non-hydrogen) atoms. The number of hydrogen-bond acceptors (Lipinski definition) is 6. The van der Waals surface area contributed by atoms with Gasteiger partial charge in [-0.1, -0.05) is 51.5 Å². The zero-order valence-electron chi connectivity index (χ0n) is 17.8. The summed E-state index contributed by atoms with van der Waals surface area (Å²) in [6.07, 6.45) is 9.86. The first kappa shape index (κ1) is 25.2. The largest absolute Gasteiger partial charge is 0.508 e. The topological polar surface area (TPSA) is 96.2 Å². The molecule has 3 N–H and O–H groups in total. The van der Waals surface area contributed by atoms with E-state index in [4.69, 9.17) is 19.7 Å². The molecule has 166 valence electrons. The second-order valence-corrected chi connectivity index (χ2v) is 7.45. The molecule has 0 aliphatic heterocycles. The van der Waals surface area contributed by atoms with Gasteiger partial charge in [-0.3, -0.25) is 4.79 Å². The number of rotatable bonds is 17. The summed E-state index contributed by atoms with van der Waals surface area (Å²) in [5.41, 5.74) is 1.15. The summed E-state index contributed by atoms with van der Waals surface area (Å²) < 4.78 is 10.8. The van der Waals surface area contributed by atoms with E-state index in [9.17, 15) is 9.90 Å². The number of hydrogen-bond donors (Lipinski definition) is 3. The third-order valence-corrected chi connectivity index (χ3v) is 4.84. The van der Waals surface area contributed by atoms with Crippen molar-refractivity contribution in [1.29, 1.82) is 0 Å². The number of phenolic OH excluding ortho intramolecular Hbond substituents is 1. The van der Waals surface area contributed by atoms with Gasteiger partial charge in [-0.15, -0.1) is 0 Å². The molecule has 0 spiro atoms. The normalized spacial score (nSPS) is 11.0. The molecule has 0 fully saturated rings. The minimum atomic E-state index is -0.811. The van der Waals surface area contributed by atoms with Crippen molar-refractivity contribution in [1.82, 2.24) is 0 Å². The number of ether oxygens (including phenoxy) is 2. The van der Waals surface area contributed by atoms with Crippen molar-refractivity contribution >= 4 is 5.97 Å². The standard InChI is InChI=1S/C23H38O6/c1-2-3-4-8-11-19-13-14-20(26)16-22(19)28-15-10-7-5-6-9-12-23(27)29-21(17-24)18-25/h13-14,16,21,24-26H,2-12,15,17-18H2,1H3. The molecular formula is C23H38O6. The number of benzene rings is 1. The maximum absolute atomic E-state index is 11.5. The molecule has 0 bridgehead atoms. The Morgan fingerprint density at radius 1 is 0.966 bits per heavy atom. The van der Waals surface area contributed by atoms with Crippen LogP contribution in [0.1, 0.15) is 76.7 Å². The molecular weight excluding hydrogens is 372 g/mol. The molecule has 1 aromatic rings. The van der Waals surface area contributed by atoms with Crippen LogP contribution in [-0.2, 0) is 16.0 Å². The third-order valence-electron chi connectivity index (χ3n) is 4.84. The average Bonchev–Trinajstić information content (AvgIpc) is 2.72. The van der Waals surface area contributed by atoms with E-state index in [0.717, 1.165) is 56.3 Å². The molecule has 6 nitrogen and oxygen atoms in total. The molecule has 0 saturated heterocycles. The zero-order valence-corrected chi connectivity index (χ0v) is 17.8. The minimum absolute atomic E-state index is 0.230. The van der Waals surface area contributed by atoms with Crippen LogP contribution in [0.3, 0.4) is 0 Å². The third kappa shape index (κ3) is 11.7. The Morgan fingerprint density at radius 2 is 1.66 bits per heavy atom. The van der Waals surface area contributed by atoms with E-state index in [1.807, 2.05) is 6.07 Å². The summed E-state index contributed by atoms with van der Waals surface area (Å²) >= 11 is 0. The van der Waals surface area contributed by atoms with Crippen LogP contribution in [0, 0.1) is 0 Å². The Balaban J connectivity index is 2.16. The fourth-order valence-corrected chi connectivity index (χ4v) is 3.09. The first-order chi connectivity index (χ1) is 14.1. The highest BCUT2D eigenvalue weighted by Gasteiger charge is 2.11. The number of carbonyl (C=O) groups is 1. The summed E-state index contributed by atoms with van der Waals surface area (Å²) in [5.74, 6) is 0.636. The van der Waals surface area contributed by atoms with Gasteiger partial charge in [0.25, 0.3) is 0 Å². The van der Waals surface area contributed by atoms with Crippen molar-refractivity contribution in [2.45, 2.75) is 83.7 Å². The van der Waals surface area contributed by atoms with E-state index < -0.39 is 6.10 Å². The lowest BCUT2D eigenvalue weighted by atomic mass is 10.1. The van der Waals surface area contributed by atoms with Gasteiger partial charge in [-0.25, -0.2) is 0 Å². The Morgan fingerprint density at radius 3 is 2.38 bits per heavy atom. The van der Waals surface area contributed by atoms with Gasteiger partial charge in [-0.2, -0.15) is 0 Å². The average molecular weight is 411 g/mol. The molecule has 0 aliphatic rings. The minimum Gasteiger partial charge on any atom is -0.508 e. The maximum Gasteiger partial charge on any atom is 0.306 e. The first-order valence-electron chi connectivity index (χ1n) is 11.0. The summed E-state index contributed by atoms with van der Waals surface area (Å²) in [6.45, 7) is 2.09. The first-order valence-corrected chi connectivity index (χ1v) is 11.0. The van der Waals surface area contributed by atoms with Crippen LogP contribution in [0.5, 0.6) is 11.5 Å². The summed E-state index contributed by atoms with van der Waals surface area (Å²) in [5, 5.41) is 27.5. The Labute approximate surface area is 174 Å². The van der Waals surface area contributed by atoms with Crippen LogP contribution in [0.25, 0.3) is 0 Å². The van der Waals surface area contributed by atoms with Gasteiger partial charge < -0.3 is 24.8 Å². The van der Waals surface area contributed by atoms with E-state index in [-0.39, 0.29) is 24.9 Å². The molecule has 0 radical (unpaired) electrons. The highest BCUT2D eigenvalue weighted by Crippen LogP contribution is 2.26. The monoisotopic (exact) mass is 410 g/mol. The van der Waals surface area contributed by atoms with Crippen LogP contribution in [0.15, 0.2) is 18.2 Å². The molecule has 0 atom stereocenters. The van der Waals surface area contributed by atoms with Crippen LogP contribution in [0.2, 0.25) is 0 Å². The highest BCUT2D eigenvalue weighted by atomic mass is 16.6. The Hall–Kier alpha value is -1.79. The van der Waals surface area contributed by atoms with Crippen molar-refractivity contribution in [2.75, 3.05) is 19.8 Å². The fourth-order valence-electron chi connectivity index (χ4n) is 3.09. The SMILES string of the molecule is CCCCCCc1ccc(O)cc1OCCCCCCCC(=O)OC(CO)CO. The Kier molecular flexibility index (Phi) is 14.0. The molecule has 1 aromatic carbocycles. The van der Waals surface area contributed by atoms with Crippen molar-refractivity contribution in [3.05, 3.63) is 23.8 Å². The maximum atomic E-state index is 11.5. The lowest BCUT2D eigenvalue weighted by Gasteiger charge is -2.13. The molecule has 6 heteroatoms. The molecule has 0 aliphatic carbocycles. The lowest BCUT2D eigenvalue weighted by molar-refractivity contribution is -0.153. The molecule has 0 unspecified atom stereocenters. The number of carbonyl (C=O) groups excluding carboxylic acids is 1. The summed E-state index contributed by atoms with van der Waals surface area (Å²) in [4.78, 5) is 11.5. The van der Waals surface area contributed by atoms with Gasteiger partial charge in [0.05, 0.1) is 19.8 Å². The number of phenols is 1. The van der Waals surface area contributed by atoms with Crippen molar-refractivity contribution in [3.63, 3.8) is 0 Å².